The Morgan fingerprint density at radius 1 is 1.20 bits per heavy atom. The predicted molar refractivity (Wildman–Crippen MR) is 77.0 cm³/mol. The van der Waals surface area contributed by atoms with Crippen LogP contribution in [-0.4, -0.2) is 24.8 Å². The van der Waals surface area contributed by atoms with Crippen molar-refractivity contribution in [1.29, 1.82) is 0 Å². The van der Waals surface area contributed by atoms with Gasteiger partial charge in [0.2, 0.25) is 0 Å². The molecule has 0 spiro atoms. The molecule has 0 saturated carbocycles. The molecule has 0 aliphatic carbocycles. The number of halogens is 1. The highest BCUT2D eigenvalue weighted by Crippen LogP contribution is 2.16. The maximum Gasteiger partial charge on any atom is 0.100 e. The van der Waals surface area contributed by atoms with E-state index in [4.69, 9.17) is 11.6 Å². The molecule has 2 heterocycles. The first-order valence-corrected chi connectivity index (χ1v) is 6.79. The van der Waals surface area contributed by atoms with Gasteiger partial charge < -0.3 is 0 Å². The molecule has 5 nitrogen and oxygen atoms in total. The van der Waals surface area contributed by atoms with Gasteiger partial charge in [-0.15, -0.1) is 16.7 Å². The molecule has 1 aromatic carbocycles. The molecule has 0 saturated heterocycles. The number of aromatic nitrogens is 5. The van der Waals surface area contributed by atoms with Crippen LogP contribution in [0.15, 0.2) is 48.9 Å². The monoisotopic (exact) mass is 287 g/mol. The van der Waals surface area contributed by atoms with Crippen molar-refractivity contribution in [2.45, 2.75) is 18.8 Å². The molecule has 0 radical (unpaired) electrons. The molecule has 2 aromatic heterocycles. The summed E-state index contributed by atoms with van der Waals surface area (Å²) in [5, 5.41) is 12.3. The van der Waals surface area contributed by atoms with Crippen LogP contribution >= 0.6 is 11.6 Å². The molecule has 1 atom stereocenters. The third-order valence-electron chi connectivity index (χ3n) is 2.97. The number of rotatable bonds is 4. The van der Waals surface area contributed by atoms with Crippen LogP contribution in [0.4, 0.5) is 0 Å². The first-order valence-electron chi connectivity index (χ1n) is 6.35. The minimum absolute atomic E-state index is 0.129. The van der Waals surface area contributed by atoms with E-state index in [1.807, 2.05) is 60.5 Å². The molecule has 0 bridgehead atoms. The van der Waals surface area contributed by atoms with E-state index in [9.17, 15) is 0 Å². The Balaban J connectivity index is 1.77. The van der Waals surface area contributed by atoms with Gasteiger partial charge in [0.15, 0.2) is 0 Å². The SMILES string of the molecule is CC(Cl)c1cn(Cc2cnn(-c3ccccc3)c2)nn1. The first kappa shape index (κ1) is 12.9. The van der Waals surface area contributed by atoms with Crippen LogP contribution in [0.3, 0.4) is 0 Å². The van der Waals surface area contributed by atoms with Crippen molar-refractivity contribution in [3.8, 4) is 5.69 Å². The fourth-order valence-electron chi connectivity index (χ4n) is 1.92. The van der Waals surface area contributed by atoms with Gasteiger partial charge in [-0.2, -0.15) is 5.10 Å². The molecule has 0 amide bonds. The van der Waals surface area contributed by atoms with Gasteiger partial charge in [0.05, 0.1) is 30.0 Å². The molecule has 102 valence electrons. The zero-order valence-corrected chi connectivity index (χ0v) is 11.8. The summed E-state index contributed by atoms with van der Waals surface area (Å²) in [6, 6.07) is 9.99. The largest absolute Gasteiger partial charge is 0.248 e. The van der Waals surface area contributed by atoms with Crippen LogP contribution in [0.25, 0.3) is 5.69 Å². The molecule has 6 heteroatoms. The molecule has 3 aromatic rings. The summed E-state index contributed by atoms with van der Waals surface area (Å²) >= 11 is 5.97. The second-order valence-corrected chi connectivity index (χ2v) is 5.24. The number of alkyl halides is 1. The zero-order valence-electron chi connectivity index (χ0n) is 11.0. The third kappa shape index (κ3) is 2.72. The van der Waals surface area contributed by atoms with Crippen molar-refractivity contribution in [3.63, 3.8) is 0 Å². The van der Waals surface area contributed by atoms with E-state index < -0.39 is 0 Å². The third-order valence-corrected chi connectivity index (χ3v) is 3.19. The average molecular weight is 288 g/mol. The predicted octanol–water partition coefficient (Wildman–Crippen LogP) is 2.81. The minimum Gasteiger partial charge on any atom is -0.248 e. The highest BCUT2D eigenvalue weighted by molar-refractivity contribution is 6.20. The number of hydrogen-bond donors (Lipinski definition) is 0. The highest BCUT2D eigenvalue weighted by atomic mass is 35.5. The Hall–Kier alpha value is -2.14. The lowest BCUT2D eigenvalue weighted by Gasteiger charge is -1.99. The molecule has 0 N–H and O–H groups in total. The van der Waals surface area contributed by atoms with Gasteiger partial charge in [0, 0.05) is 11.8 Å². The Bertz CT molecular complexity index is 686. The maximum atomic E-state index is 5.97. The molecule has 0 aliphatic rings. The van der Waals surface area contributed by atoms with Crippen LogP contribution in [-0.2, 0) is 6.54 Å². The van der Waals surface area contributed by atoms with Crippen molar-refractivity contribution in [3.05, 3.63) is 60.2 Å². The lowest BCUT2D eigenvalue weighted by Crippen LogP contribution is -1.99. The van der Waals surface area contributed by atoms with E-state index in [1.54, 1.807) is 4.68 Å². The summed E-state index contributed by atoms with van der Waals surface area (Å²) < 4.78 is 3.61. The number of hydrogen-bond acceptors (Lipinski definition) is 3. The fraction of sp³-hybridized carbons (Fsp3) is 0.214. The summed E-state index contributed by atoms with van der Waals surface area (Å²) in [5.74, 6) is 0. The van der Waals surface area contributed by atoms with Gasteiger partial charge in [-0.1, -0.05) is 23.4 Å². The Kier molecular flexibility index (Phi) is 3.52. The standard InChI is InChI=1S/C14H14ClN5/c1-11(15)14-10-19(18-17-14)8-12-7-16-20(9-12)13-5-3-2-4-6-13/h2-7,9-11H,8H2,1H3. The van der Waals surface area contributed by atoms with E-state index >= 15 is 0 Å². The fourth-order valence-corrected chi connectivity index (χ4v) is 2.02. The van der Waals surface area contributed by atoms with Gasteiger partial charge >= 0.3 is 0 Å². The van der Waals surface area contributed by atoms with Crippen LogP contribution in [0.1, 0.15) is 23.6 Å². The minimum atomic E-state index is -0.129. The number of nitrogens with zero attached hydrogens (tertiary/aromatic N) is 5. The van der Waals surface area contributed by atoms with Gasteiger partial charge in [-0.05, 0) is 19.1 Å². The van der Waals surface area contributed by atoms with Gasteiger partial charge in [0.1, 0.15) is 5.69 Å². The number of para-hydroxylation sites is 1. The summed E-state index contributed by atoms with van der Waals surface area (Å²) in [4.78, 5) is 0. The molecule has 20 heavy (non-hydrogen) atoms. The number of benzene rings is 1. The molecule has 0 fully saturated rings. The quantitative estimate of drug-likeness (QED) is 0.693. The second-order valence-electron chi connectivity index (χ2n) is 4.59. The first-order chi connectivity index (χ1) is 9.72. The Labute approximate surface area is 121 Å². The van der Waals surface area contributed by atoms with Gasteiger partial charge in [0.25, 0.3) is 0 Å². The molecule has 1 unspecified atom stereocenters. The molecule has 3 rings (SSSR count). The Morgan fingerprint density at radius 3 is 2.70 bits per heavy atom. The smallest absolute Gasteiger partial charge is 0.100 e. The Morgan fingerprint density at radius 2 is 2.00 bits per heavy atom. The van der Waals surface area contributed by atoms with E-state index in [1.165, 1.54) is 0 Å². The topological polar surface area (TPSA) is 48.5 Å². The van der Waals surface area contributed by atoms with E-state index in [2.05, 4.69) is 15.4 Å². The van der Waals surface area contributed by atoms with Crippen LogP contribution in [0, 0.1) is 0 Å². The molecular weight excluding hydrogens is 274 g/mol. The summed E-state index contributed by atoms with van der Waals surface area (Å²) in [7, 11) is 0. The van der Waals surface area contributed by atoms with Crippen molar-refractivity contribution in [1.82, 2.24) is 24.8 Å². The van der Waals surface area contributed by atoms with Crippen molar-refractivity contribution in [2.75, 3.05) is 0 Å². The lowest BCUT2D eigenvalue weighted by atomic mass is 10.3. The van der Waals surface area contributed by atoms with Crippen LogP contribution in [0.5, 0.6) is 0 Å². The van der Waals surface area contributed by atoms with E-state index in [0.717, 1.165) is 16.9 Å². The van der Waals surface area contributed by atoms with Gasteiger partial charge in [-0.25, -0.2) is 9.36 Å². The van der Waals surface area contributed by atoms with Crippen molar-refractivity contribution >= 4 is 11.6 Å². The normalized spacial score (nSPS) is 12.5. The lowest BCUT2D eigenvalue weighted by molar-refractivity contribution is 0.649. The summed E-state index contributed by atoms with van der Waals surface area (Å²) in [6.45, 7) is 2.51. The van der Waals surface area contributed by atoms with Crippen molar-refractivity contribution in [2.24, 2.45) is 0 Å². The van der Waals surface area contributed by atoms with Crippen LogP contribution in [0.2, 0.25) is 0 Å². The zero-order chi connectivity index (χ0) is 13.9. The molecular formula is C14H14ClN5. The second kappa shape index (κ2) is 5.46. The highest BCUT2D eigenvalue weighted by Gasteiger charge is 2.08. The average Bonchev–Trinajstić information content (AvgIpc) is 3.10. The van der Waals surface area contributed by atoms with Crippen LogP contribution < -0.4 is 0 Å². The van der Waals surface area contributed by atoms with Gasteiger partial charge in [-0.3, -0.25) is 0 Å². The van der Waals surface area contributed by atoms with E-state index in [0.29, 0.717) is 6.54 Å². The molecule has 0 aliphatic heterocycles. The summed E-state index contributed by atoms with van der Waals surface area (Å²) in [6.07, 6.45) is 5.68. The summed E-state index contributed by atoms with van der Waals surface area (Å²) in [5.41, 5.74) is 2.88. The van der Waals surface area contributed by atoms with Crippen molar-refractivity contribution < 1.29 is 0 Å². The maximum absolute atomic E-state index is 5.97. The van der Waals surface area contributed by atoms with E-state index in [-0.39, 0.29) is 5.38 Å².